The van der Waals surface area contributed by atoms with Crippen molar-refractivity contribution in [3.05, 3.63) is 84.9 Å². The normalized spacial score (nSPS) is 10.7. The highest BCUT2D eigenvalue weighted by atomic mass is 16.7. The maximum absolute atomic E-state index is 12.2. The van der Waals surface area contributed by atoms with E-state index in [9.17, 15) is 4.79 Å². The first kappa shape index (κ1) is 14.3. The molecule has 3 nitrogen and oxygen atoms in total. The molecule has 0 spiro atoms. The molecule has 0 radical (unpaired) electrons. The number of carbonyl (C=O) groups is 1. The van der Waals surface area contributed by atoms with Gasteiger partial charge in [0.05, 0.1) is 0 Å². The summed E-state index contributed by atoms with van der Waals surface area (Å²) in [5.74, 6) is 0.969. The molecule has 0 aromatic heterocycles. The molecule has 0 aliphatic rings. The summed E-state index contributed by atoms with van der Waals surface area (Å²) >= 11 is 0. The standard InChI is InChI=1S/C21H14O3/c22-21(23-17-10-2-1-3-11-17)24-20-18-12-6-4-8-15(18)14-16-9-5-7-13-19(16)20/h1-14H. The third kappa shape index (κ3) is 2.68. The van der Waals surface area contributed by atoms with Crippen molar-refractivity contribution in [2.75, 3.05) is 0 Å². The van der Waals surface area contributed by atoms with E-state index in [2.05, 4.69) is 6.07 Å². The van der Waals surface area contributed by atoms with Gasteiger partial charge in [0.1, 0.15) is 11.5 Å². The van der Waals surface area contributed by atoms with Gasteiger partial charge in [0, 0.05) is 10.8 Å². The Kier molecular flexibility index (Phi) is 3.60. The van der Waals surface area contributed by atoms with Gasteiger partial charge in [-0.25, -0.2) is 4.79 Å². The lowest BCUT2D eigenvalue weighted by molar-refractivity contribution is 0.153. The fourth-order valence-electron chi connectivity index (χ4n) is 2.77. The minimum atomic E-state index is -0.747. The molecule has 0 bridgehead atoms. The Morgan fingerprint density at radius 3 is 1.79 bits per heavy atom. The summed E-state index contributed by atoms with van der Waals surface area (Å²) in [6, 6.07) is 26.6. The molecule has 3 heteroatoms. The molecule has 0 heterocycles. The smallest absolute Gasteiger partial charge is 0.395 e. The zero-order chi connectivity index (χ0) is 16.4. The monoisotopic (exact) mass is 314 g/mol. The van der Waals surface area contributed by atoms with E-state index in [0.29, 0.717) is 11.5 Å². The van der Waals surface area contributed by atoms with Gasteiger partial charge in [0.25, 0.3) is 0 Å². The van der Waals surface area contributed by atoms with Crippen LogP contribution in [0, 0.1) is 0 Å². The summed E-state index contributed by atoms with van der Waals surface area (Å²) < 4.78 is 10.8. The molecule has 0 amide bonds. The number of carbonyl (C=O) groups excluding carboxylic acids is 1. The van der Waals surface area contributed by atoms with Crippen molar-refractivity contribution in [1.82, 2.24) is 0 Å². The van der Waals surface area contributed by atoms with Crippen LogP contribution in [0.15, 0.2) is 84.9 Å². The van der Waals surface area contributed by atoms with Gasteiger partial charge in [-0.1, -0.05) is 66.7 Å². The van der Waals surface area contributed by atoms with Crippen molar-refractivity contribution in [2.45, 2.75) is 0 Å². The van der Waals surface area contributed by atoms with Gasteiger partial charge in [-0.05, 0) is 29.0 Å². The molecule has 0 saturated carbocycles. The van der Waals surface area contributed by atoms with Gasteiger partial charge < -0.3 is 9.47 Å². The van der Waals surface area contributed by atoms with Gasteiger partial charge in [-0.15, -0.1) is 0 Å². The highest BCUT2D eigenvalue weighted by Crippen LogP contribution is 2.35. The summed E-state index contributed by atoms with van der Waals surface area (Å²) in [5.41, 5.74) is 0. The molecule has 4 rings (SSSR count). The molecule has 0 N–H and O–H groups in total. The fourth-order valence-corrected chi connectivity index (χ4v) is 2.77. The molecule has 0 atom stereocenters. The van der Waals surface area contributed by atoms with Crippen molar-refractivity contribution < 1.29 is 14.3 Å². The van der Waals surface area contributed by atoms with Crippen molar-refractivity contribution in [1.29, 1.82) is 0 Å². The highest BCUT2D eigenvalue weighted by Gasteiger charge is 2.14. The first-order valence-corrected chi connectivity index (χ1v) is 7.66. The van der Waals surface area contributed by atoms with E-state index in [1.54, 1.807) is 24.3 Å². The second-order valence-electron chi connectivity index (χ2n) is 5.42. The lowest BCUT2D eigenvalue weighted by Crippen LogP contribution is -2.14. The van der Waals surface area contributed by atoms with E-state index in [0.717, 1.165) is 21.5 Å². The van der Waals surface area contributed by atoms with Crippen LogP contribution < -0.4 is 9.47 Å². The van der Waals surface area contributed by atoms with Gasteiger partial charge in [0.2, 0.25) is 0 Å². The molecule has 4 aromatic carbocycles. The second-order valence-corrected chi connectivity index (χ2v) is 5.42. The number of rotatable bonds is 2. The van der Waals surface area contributed by atoms with Crippen molar-refractivity contribution in [3.8, 4) is 11.5 Å². The number of hydrogen-bond acceptors (Lipinski definition) is 3. The maximum atomic E-state index is 12.2. The average Bonchev–Trinajstić information content (AvgIpc) is 2.62. The van der Waals surface area contributed by atoms with E-state index in [1.807, 2.05) is 54.6 Å². The van der Waals surface area contributed by atoms with E-state index < -0.39 is 6.16 Å². The molecule has 116 valence electrons. The first-order chi connectivity index (χ1) is 11.8. The Bertz CT molecular complexity index is 969. The quantitative estimate of drug-likeness (QED) is 0.275. The largest absolute Gasteiger partial charge is 0.519 e. The van der Waals surface area contributed by atoms with Gasteiger partial charge in [0.15, 0.2) is 0 Å². The van der Waals surface area contributed by atoms with Gasteiger partial charge in [-0.3, -0.25) is 0 Å². The Balaban J connectivity index is 1.77. The number of ether oxygens (including phenoxy) is 2. The van der Waals surface area contributed by atoms with Gasteiger partial charge >= 0.3 is 6.16 Å². The third-order valence-electron chi connectivity index (χ3n) is 3.85. The van der Waals surface area contributed by atoms with Crippen LogP contribution >= 0.6 is 0 Å². The Hall–Kier alpha value is -3.33. The summed E-state index contributed by atoms with van der Waals surface area (Å²) in [5, 5.41) is 3.78. The maximum Gasteiger partial charge on any atom is 0.519 e. The van der Waals surface area contributed by atoms with Crippen LogP contribution in [0.3, 0.4) is 0 Å². The number of para-hydroxylation sites is 1. The number of hydrogen-bond donors (Lipinski definition) is 0. The average molecular weight is 314 g/mol. The Morgan fingerprint density at radius 2 is 1.17 bits per heavy atom. The molecular formula is C21H14O3. The molecule has 0 fully saturated rings. The molecular weight excluding hydrogens is 300 g/mol. The zero-order valence-electron chi connectivity index (χ0n) is 12.8. The number of fused-ring (bicyclic) bond motifs is 2. The van der Waals surface area contributed by atoms with Crippen molar-refractivity contribution in [2.24, 2.45) is 0 Å². The summed E-state index contributed by atoms with van der Waals surface area (Å²) in [4.78, 5) is 12.2. The SMILES string of the molecule is O=C(Oc1ccccc1)Oc1c2ccccc2cc2ccccc12. The second kappa shape index (κ2) is 6.05. The van der Waals surface area contributed by atoms with Crippen LogP contribution in [0.2, 0.25) is 0 Å². The topological polar surface area (TPSA) is 35.5 Å². The van der Waals surface area contributed by atoms with Crippen molar-refractivity contribution >= 4 is 27.7 Å². The van der Waals surface area contributed by atoms with E-state index in [-0.39, 0.29) is 0 Å². The summed E-state index contributed by atoms with van der Waals surface area (Å²) in [6.45, 7) is 0. The summed E-state index contributed by atoms with van der Waals surface area (Å²) in [7, 11) is 0. The Labute approximate surface area is 139 Å². The van der Waals surface area contributed by atoms with E-state index >= 15 is 0 Å². The molecule has 0 unspecified atom stereocenters. The van der Waals surface area contributed by atoms with Crippen LogP contribution in [0.5, 0.6) is 11.5 Å². The van der Waals surface area contributed by atoms with Crippen molar-refractivity contribution in [3.63, 3.8) is 0 Å². The highest BCUT2D eigenvalue weighted by molar-refractivity contribution is 6.06. The molecule has 24 heavy (non-hydrogen) atoms. The molecule has 0 saturated heterocycles. The lowest BCUT2D eigenvalue weighted by Gasteiger charge is -2.11. The lowest BCUT2D eigenvalue weighted by atomic mass is 10.0. The van der Waals surface area contributed by atoms with Crippen LogP contribution in [0.1, 0.15) is 0 Å². The molecule has 4 aromatic rings. The van der Waals surface area contributed by atoms with Crippen LogP contribution in [-0.2, 0) is 0 Å². The predicted molar refractivity (Wildman–Crippen MR) is 94.5 cm³/mol. The first-order valence-electron chi connectivity index (χ1n) is 7.66. The van der Waals surface area contributed by atoms with Crippen LogP contribution in [0.4, 0.5) is 4.79 Å². The molecule has 0 aliphatic heterocycles. The van der Waals surface area contributed by atoms with Crippen LogP contribution in [-0.4, -0.2) is 6.16 Å². The summed E-state index contributed by atoms with van der Waals surface area (Å²) in [6.07, 6.45) is -0.747. The Morgan fingerprint density at radius 1 is 0.625 bits per heavy atom. The van der Waals surface area contributed by atoms with Crippen LogP contribution in [0.25, 0.3) is 21.5 Å². The fraction of sp³-hybridized carbons (Fsp3) is 0. The third-order valence-corrected chi connectivity index (χ3v) is 3.85. The minimum absolute atomic E-state index is 0.451. The van der Waals surface area contributed by atoms with Gasteiger partial charge in [-0.2, -0.15) is 0 Å². The predicted octanol–water partition coefficient (Wildman–Crippen LogP) is 5.57. The van der Waals surface area contributed by atoms with E-state index in [1.165, 1.54) is 0 Å². The van der Waals surface area contributed by atoms with E-state index in [4.69, 9.17) is 9.47 Å². The molecule has 0 aliphatic carbocycles. The zero-order valence-corrected chi connectivity index (χ0v) is 12.8. The minimum Gasteiger partial charge on any atom is -0.395 e. The number of benzene rings is 4.